The van der Waals surface area contributed by atoms with Gasteiger partial charge in [0, 0.05) is 6.54 Å². The van der Waals surface area contributed by atoms with Crippen molar-refractivity contribution in [2.75, 3.05) is 6.54 Å². The summed E-state index contributed by atoms with van der Waals surface area (Å²) in [5.41, 5.74) is 1.85. The molecule has 3 aromatic rings. The minimum atomic E-state index is -0.164. The van der Waals surface area contributed by atoms with Gasteiger partial charge in [-0.25, -0.2) is 0 Å². The Balaban J connectivity index is 1.64. The van der Waals surface area contributed by atoms with Gasteiger partial charge in [0.25, 0.3) is 5.91 Å². The lowest BCUT2D eigenvalue weighted by molar-refractivity contribution is 0.0716. The summed E-state index contributed by atoms with van der Waals surface area (Å²) in [7, 11) is 0. The average Bonchev–Trinajstić information content (AvgIpc) is 3.34. The molecule has 0 N–H and O–H groups in total. The molecule has 0 fully saturated rings. The van der Waals surface area contributed by atoms with Gasteiger partial charge in [-0.05, 0) is 30.7 Å². The fourth-order valence-electron chi connectivity index (χ4n) is 3.09. The summed E-state index contributed by atoms with van der Waals surface area (Å²) in [4.78, 5) is 14.9. The SMILES string of the molecule is CCCCN(Cc1ccco1)C(=O)c1noc2c1COc1ccccc1-2. The molecule has 0 saturated carbocycles. The second kappa shape index (κ2) is 7.07. The monoisotopic (exact) mass is 352 g/mol. The van der Waals surface area contributed by atoms with Gasteiger partial charge in [-0.15, -0.1) is 0 Å². The molecule has 0 unspecified atom stereocenters. The predicted molar refractivity (Wildman–Crippen MR) is 94.6 cm³/mol. The number of para-hydroxylation sites is 1. The third-order valence-electron chi connectivity index (χ3n) is 4.49. The number of hydrogen-bond donors (Lipinski definition) is 0. The number of carbonyl (C=O) groups is 1. The molecule has 6 nitrogen and oxygen atoms in total. The van der Waals surface area contributed by atoms with Crippen LogP contribution in [0.1, 0.15) is 41.6 Å². The summed E-state index contributed by atoms with van der Waals surface area (Å²) in [6.45, 7) is 3.41. The number of unbranched alkanes of at least 4 members (excludes halogenated alkanes) is 1. The quantitative estimate of drug-likeness (QED) is 0.663. The number of ether oxygens (including phenoxy) is 1. The van der Waals surface area contributed by atoms with Crippen molar-refractivity contribution in [2.24, 2.45) is 0 Å². The Morgan fingerprint density at radius 2 is 2.12 bits per heavy atom. The zero-order valence-corrected chi connectivity index (χ0v) is 14.6. The van der Waals surface area contributed by atoms with Crippen LogP contribution in [0, 0.1) is 0 Å². The molecule has 0 atom stereocenters. The molecule has 134 valence electrons. The second-order valence-corrected chi connectivity index (χ2v) is 6.28. The maximum Gasteiger partial charge on any atom is 0.276 e. The highest BCUT2D eigenvalue weighted by molar-refractivity contribution is 5.95. The van der Waals surface area contributed by atoms with Gasteiger partial charge in [-0.1, -0.05) is 30.6 Å². The van der Waals surface area contributed by atoms with Crippen LogP contribution < -0.4 is 4.74 Å². The molecule has 6 heteroatoms. The van der Waals surface area contributed by atoms with Crippen LogP contribution in [0.15, 0.2) is 51.6 Å². The molecular formula is C20H20N2O4. The van der Waals surface area contributed by atoms with Crippen LogP contribution in [0.4, 0.5) is 0 Å². The zero-order valence-electron chi connectivity index (χ0n) is 14.6. The summed E-state index contributed by atoms with van der Waals surface area (Å²) in [5, 5.41) is 4.08. The number of nitrogens with zero attached hydrogens (tertiary/aromatic N) is 2. The number of carbonyl (C=O) groups excluding carboxylic acids is 1. The third kappa shape index (κ3) is 2.98. The van der Waals surface area contributed by atoms with E-state index in [-0.39, 0.29) is 12.5 Å². The van der Waals surface area contributed by atoms with E-state index >= 15 is 0 Å². The van der Waals surface area contributed by atoms with E-state index in [9.17, 15) is 4.79 Å². The second-order valence-electron chi connectivity index (χ2n) is 6.28. The molecule has 1 amide bonds. The average molecular weight is 352 g/mol. The summed E-state index contributed by atoms with van der Waals surface area (Å²) >= 11 is 0. The molecule has 0 spiro atoms. The van der Waals surface area contributed by atoms with Crippen molar-refractivity contribution in [3.8, 4) is 17.1 Å². The Bertz CT molecular complexity index is 898. The Morgan fingerprint density at radius 1 is 1.23 bits per heavy atom. The minimum Gasteiger partial charge on any atom is -0.488 e. The maximum atomic E-state index is 13.1. The molecule has 0 saturated heterocycles. The number of fused-ring (bicyclic) bond motifs is 3. The molecule has 1 aliphatic rings. The Kier molecular flexibility index (Phi) is 4.48. The number of aromatic nitrogens is 1. The van der Waals surface area contributed by atoms with Crippen molar-refractivity contribution in [1.29, 1.82) is 0 Å². The molecule has 0 bridgehead atoms. The smallest absolute Gasteiger partial charge is 0.276 e. The summed E-state index contributed by atoms with van der Waals surface area (Å²) in [6.07, 6.45) is 3.52. The van der Waals surface area contributed by atoms with Crippen LogP contribution in [-0.2, 0) is 13.2 Å². The molecule has 26 heavy (non-hydrogen) atoms. The highest BCUT2D eigenvalue weighted by Gasteiger charge is 2.31. The van der Waals surface area contributed by atoms with Gasteiger partial charge in [-0.3, -0.25) is 4.79 Å². The number of amides is 1. The standard InChI is InChI=1S/C20H20N2O4/c1-2-3-10-22(12-14-7-6-11-24-14)20(23)18-16-13-25-17-9-5-4-8-15(17)19(16)26-21-18/h4-9,11H,2-3,10,12-13H2,1H3. The van der Waals surface area contributed by atoms with Crippen molar-refractivity contribution in [1.82, 2.24) is 10.1 Å². The van der Waals surface area contributed by atoms with E-state index in [1.807, 2.05) is 36.4 Å². The predicted octanol–water partition coefficient (Wildman–Crippen LogP) is 4.27. The van der Waals surface area contributed by atoms with Gasteiger partial charge in [0.1, 0.15) is 18.1 Å². The summed E-state index contributed by atoms with van der Waals surface area (Å²) in [6, 6.07) is 11.3. The van der Waals surface area contributed by atoms with E-state index in [4.69, 9.17) is 13.7 Å². The number of rotatable bonds is 6. The van der Waals surface area contributed by atoms with Gasteiger partial charge >= 0.3 is 0 Å². The lowest BCUT2D eigenvalue weighted by atomic mass is 10.0. The van der Waals surface area contributed by atoms with Gasteiger partial charge < -0.3 is 18.6 Å². The van der Waals surface area contributed by atoms with Crippen LogP contribution >= 0.6 is 0 Å². The molecule has 0 radical (unpaired) electrons. The van der Waals surface area contributed by atoms with Gasteiger partial charge in [0.2, 0.25) is 0 Å². The number of furan rings is 1. The highest BCUT2D eigenvalue weighted by atomic mass is 16.5. The fraction of sp³-hybridized carbons (Fsp3) is 0.300. The van der Waals surface area contributed by atoms with Gasteiger partial charge in [0.15, 0.2) is 11.5 Å². The summed E-state index contributed by atoms with van der Waals surface area (Å²) < 4.78 is 16.7. The third-order valence-corrected chi connectivity index (χ3v) is 4.49. The normalized spacial score (nSPS) is 12.2. The molecule has 4 rings (SSSR count). The van der Waals surface area contributed by atoms with Crippen molar-refractivity contribution in [2.45, 2.75) is 32.9 Å². The molecule has 1 aliphatic heterocycles. The van der Waals surface area contributed by atoms with E-state index in [2.05, 4.69) is 12.1 Å². The lowest BCUT2D eigenvalue weighted by Gasteiger charge is -2.21. The van der Waals surface area contributed by atoms with Crippen LogP contribution in [0.25, 0.3) is 11.3 Å². The number of hydrogen-bond acceptors (Lipinski definition) is 5. The van der Waals surface area contributed by atoms with E-state index in [1.165, 1.54) is 0 Å². The first-order valence-electron chi connectivity index (χ1n) is 8.80. The molecule has 0 aliphatic carbocycles. The van der Waals surface area contributed by atoms with E-state index < -0.39 is 0 Å². The van der Waals surface area contributed by atoms with Gasteiger partial charge in [-0.2, -0.15) is 0 Å². The van der Waals surface area contributed by atoms with Crippen molar-refractivity contribution >= 4 is 5.91 Å². The molecule has 3 heterocycles. The van der Waals surface area contributed by atoms with Crippen LogP contribution in [0.3, 0.4) is 0 Å². The Morgan fingerprint density at radius 3 is 2.92 bits per heavy atom. The highest BCUT2D eigenvalue weighted by Crippen LogP contribution is 2.38. The van der Waals surface area contributed by atoms with Crippen LogP contribution in [-0.4, -0.2) is 22.5 Å². The van der Waals surface area contributed by atoms with E-state index in [1.54, 1.807) is 11.2 Å². The Labute approximate surface area is 151 Å². The largest absolute Gasteiger partial charge is 0.488 e. The van der Waals surface area contributed by atoms with Crippen molar-refractivity contribution in [3.63, 3.8) is 0 Å². The maximum absolute atomic E-state index is 13.1. The topological polar surface area (TPSA) is 68.7 Å². The first kappa shape index (κ1) is 16.4. The van der Waals surface area contributed by atoms with E-state index in [0.29, 0.717) is 30.1 Å². The Hall–Kier alpha value is -3.02. The first-order chi connectivity index (χ1) is 12.8. The van der Waals surface area contributed by atoms with Crippen LogP contribution in [0.2, 0.25) is 0 Å². The van der Waals surface area contributed by atoms with E-state index in [0.717, 1.165) is 29.9 Å². The first-order valence-corrected chi connectivity index (χ1v) is 8.80. The number of benzene rings is 1. The van der Waals surface area contributed by atoms with Crippen LogP contribution in [0.5, 0.6) is 5.75 Å². The zero-order chi connectivity index (χ0) is 17.9. The molecular weight excluding hydrogens is 332 g/mol. The molecule has 1 aromatic carbocycles. The fourth-order valence-corrected chi connectivity index (χ4v) is 3.09. The van der Waals surface area contributed by atoms with Gasteiger partial charge in [0.05, 0.1) is 23.9 Å². The lowest BCUT2D eigenvalue weighted by Crippen LogP contribution is -2.32. The summed E-state index contributed by atoms with van der Waals surface area (Å²) in [5.74, 6) is 1.94. The molecule has 2 aromatic heterocycles. The van der Waals surface area contributed by atoms with Crippen molar-refractivity contribution in [3.05, 3.63) is 59.7 Å². The minimum absolute atomic E-state index is 0.164. The van der Waals surface area contributed by atoms with Crippen molar-refractivity contribution < 1.29 is 18.5 Å².